The SMILES string of the molecule is COc1cc(C(=O)N2CCCn3nc(C(O)CN(C)C)cc3C2)ccc1F. The Morgan fingerprint density at radius 2 is 2.15 bits per heavy atom. The lowest BCUT2D eigenvalue weighted by molar-refractivity contribution is 0.0745. The van der Waals surface area contributed by atoms with Gasteiger partial charge >= 0.3 is 0 Å². The van der Waals surface area contributed by atoms with Gasteiger partial charge in [-0.25, -0.2) is 4.39 Å². The van der Waals surface area contributed by atoms with Gasteiger partial charge in [-0.05, 0) is 44.8 Å². The predicted octanol–water partition coefficient (Wildman–Crippen LogP) is 1.67. The molecule has 1 aromatic carbocycles. The lowest BCUT2D eigenvalue weighted by Crippen LogP contribution is -2.30. The Labute approximate surface area is 157 Å². The third-order valence-electron chi connectivity index (χ3n) is 4.60. The van der Waals surface area contributed by atoms with Crippen LogP contribution in [0.4, 0.5) is 4.39 Å². The maximum atomic E-state index is 13.6. The molecule has 3 rings (SSSR count). The van der Waals surface area contributed by atoms with Crippen LogP contribution in [0.2, 0.25) is 0 Å². The summed E-state index contributed by atoms with van der Waals surface area (Å²) in [6.07, 6.45) is 0.0760. The van der Waals surface area contributed by atoms with Crippen LogP contribution in [0.5, 0.6) is 5.75 Å². The first-order valence-electron chi connectivity index (χ1n) is 8.91. The van der Waals surface area contributed by atoms with Crippen LogP contribution in [0.25, 0.3) is 0 Å². The Bertz CT molecular complexity index is 821. The van der Waals surface area contributed by atoms with Crippen LogP contribution in [0.1, 0.15) is 34.3 Å². The van der Waals surface area contributed by atoms with Gasteiger partial charge in [-0.1, -0.05) is 0 Å². The number of likely N-dealkylation sites (N-methyl/N-ethyl adjacent to an activating group) is 1. The Hall–Kier alpha value is -2.45. The molecule has 7 nitrogen and oxygen atoms in total. The molecule has 0 spiro atoms. The number of carbonyl (C=O) groups is 1. The van der Waals surface area contributed by atoms with E-state index in [0.717, 1.165) is 12.1 Å². The molecular weight excluding hydrogens is 351 g/mol. The number of aliphatic hydroxyl groups excluding tert-OH is 1. The molecule has 1 unspecified atom stereocenters. The predicted molar refractivity (Wildman–Crippen MR) is 98.1 cm³/mol. The molecule has 8 heteroatoms. The van der Waals surface area contributed by atoms with Crippen molar-refractivity contribution in [2.75, 3.05) is 34.3 Å². The van der Waals surface area contributed by atoms with E-state index < -0.39 is 11.9 Å². The highest BCUT2D eigenvalue weighted by atomic mass is 19.1. The first-order valence-corrected chi connectivity index (χ1v) is 8.91. The van der Waals surface area contributed by atoms with E-state index in [9.17, 15) is 14.3 Å². The summed E-state index contributed by atoms with van der Waals surface area (Å²) in [5, 5.41) is 14.8. The monoisotopic (exact) mass is 376 g/mol. The van der Waals surface area contributed by atoms with Crippen LogP contribution in [-0.4, -0.2) is 64.9 Å². The van der Waals surface area contributed by atoms with E-state index >= 15 is 0 Å². The molecule has 27 heavy (non-hydrogen) atoms. The standard InChI is InChI=1S/C19H25FN4O3/c1-22(2)12-17(25)16-10-14-11-23(7-4-8-24(14)21-16)19(26)13-5-6-15(20)18(9-13)27-3/h5-6,9-10,17,25H,4,7-8,11-12H2,1-3H3. The minimum absolute atomic E-state index is 0.0507. The smallest absolute Gasteiger partial charge is 0.254 e. The quantitative estimate of drug-likeness (QED) is 0.860. The molecule has 146 valence electrons. The zero-order valence-electron chi connectivity index (χ0n) is 15.9. The van der Waals surface area contributed by atoms with Crippen LogP contribution in [0.3, 0.4) is 0 Å². The molecule has 0 radical (unpaired) electrons. The lowest BCUT2D eigenvalue weighted by Gasteiger charge is -2.20. The Morgan fingerprint density at radius 1 is 1.37 bits per heavy atom. The van der Waals surface area contributed by atoms with Crippen molar-refractivity contribution in [2.45, 2.75) is 25.6 Å². The molecule has 1 aliphatic rings. The number of hydrogen-bond donors (Lipinski definition) is 1. The molecule has 1 aliphatic heterocycles. The fourth-order valence-corrected chi connectivity index (χ4v) is 3.24. The van der Waals surface area contributed by atoms with Gasteiger partial charge in [-0.2, -0.15) is 5.10 Å². The summed E-state index contributed by atoms with van der Waals surface area (Å²) >= 11 is 0. The van der Waals surface area contributed by atoms with E-state index in [1.807, 2.05) is 29.7 Å². The average Bonchev–Trinajstić information content (AvgIpc) is 2.93. The zero-order valence-corrected chi connectivity index (χ0v) is 15.9. The normalized spacial score (nSPS) is 15.4. The maximum Gasteiger partial charge on any atom is 0.254 e. The number of rotatable bonds is 5. The molecule has 0 saturated carbocycles. The van der Waals surface area contributed by atoms with Crippen molar-refractivity contribution in [1.82, 2.24) is 19.6 Å². The highest BCUT2D eigenvalue weighted by Gasteiger charge is 2.24. The van der Waals surface area contributed by atoms with Crippen LogP contribution in [0.15, 0.2) is 24.3 Å². The van der Waals surface area contributed by atoms with Gasteiger partial charge in [0, 0.05) is 25.2 Å². The van der Waals surface area contributed by atoms with Crippen LogP contribution < -0.4 is 4.74 Å². The summed E-state index contributed by atoms with van der Waals surface area (Å²) in [5.74, 6) is -0.629. The number of nitrogens with zero attached hydrogens (tertiary/aromatic N) is 4. The first-order chi connectivity index (χ1) is 12.9. The highest BCUT2D eigenvalue weighted by molar-refractivity contribution is 5.94. The third kappa shape index (κ3) is 4.28. The summed E-state index contributed by atoms with van der Waals surface area (Å²) < 4.78 is 20.4. The Kier molecular flexibility index (Phi) is 5.76. The number of amides is 1. The van der Waals surface area contributed by atoms with E-state index in [4.69, 9.17) is 4.74 Å². The second kappa shape index (κ2) is 8.06. The number of halogens is 1. The van der Waals surface area contributed by atoms with Crippen molar-refractivity contribution in [3.63, 3.8) is 0 Å². The fraction of sp³-hybridized carbons (Fsp3) is 0.474. The van der Waals surface area contributed by atoms with Crippen molar-refractivity contribution in [1.29, 1.82) is 0 Å². The van der Waals surface area contributed by atoms with E-state index in [1.54, 1.807) is 4.90 Å². The molecule has 1 amide bonds. The average molecular weight is 376 g/mol. The summed E-state index contributed by atoms with van der Waals surface area (Å²) in [7, 11) is 5.15. The number of ether oxygens (including phenoxy) is 1. The number of hydrogen-bond acceptors (Lipinski definition) is 5. The second-order valence-corrected chi connectivity index (χ2v) is 6.99. The topological polar surface area (TPSA) is 70.8 Å². The number of fused-ring (bicyclic) bond motifs is 1. The van der Waals surface area contributed by atoms with Crippen LogP contribution >= 0.6 is 0 Å². The number of aliphatic hydroxyl groups is 1. The van der Waals surface area contributed by atoms with Gasteiger partial charge in [0.15, 0.2) is 11.6 Å². The second-order valence-electron chi connectivity index (χ2n) is 6.99. The number of aryl methyl sites for hydroxylation is 1. The van der Waals surface area contributed by atoms with Gasteiger partial charge < -0.3 is 19.6 Å². The lowest BCUT2D eigenvalue weighted by atomic mass is 10.1. The molecule has 0 bridgehead atoms. The van der Waals surface area contributed by atoms with E-state index in [2.05, 4.69) is 5.10 Å². The summed E-state index contributed by atoms with van der Waals surface area (Å²) in [4.78, 5) is 16.5. The van der Waals surface area contributed by atoms with E-state index in [1.165, 1.54) is 25.3 Å². The van der Waals surface area contributed by atoms with E-state index in [-0.39, 0.29) is 11.7 Å². The molecule has 1 N–H and O–H groups in total. The van der Waals surface area contributed by atoms with Gasteiger partial charge in [-0.15, -0.1) is 0 Å². The van der Waals surface area contributed by atoms with E-state index in [0.29, 0.717) is 37.4 Å². The first kappa shape index (κ1) is 19.3. The van der Waals surface area contributed by atoms with Crippen LogP contribution in [-0.2, 0) is 13.1 Å². The number of carbonyl (C=O) groups excluding carboxylic acids is 1. The van der Waals surface area contributed by atoms with Gasteiger partial charge in [0.2, 0.25) is 0 Å². The van der Waals surface area contributed by atoms with Crippen molar-refractivity contribution in [2.24, 2.45) is 0 Å². The van der Waals surface area contributed by atoms with Crippen molar-refractivity contribution >= 4 is 5.91 Å². The molecule has 1 aromatic heterocycles. The highest BCUT2D eigenvalue weighted by Crippen LogP contribution is 2.23. The van der Waals surface area contributed by atoms with Gasteiger partial charge in [0.1, 0.15) is 6.10 Å². The van der Waals surface area contributed by atoms with Crippen molar-refractivity contribution in [3.8, 4) is 5.75 Å². The molecule has 0 saturated heterocycles. The number of benzene rings is 1. The fourth-order valence-electron chi connectivity index (χ4n) is 3.24. The van der Waals surface area contributed by atoms with Gasteiger partial charge in [-0.3, -0.25) is 9.48 Å². The Morgan fingerprint density at radius 3 is 2.85 bits per heavy atom. The van der Waals surface area contributed by atoms with Crippen molar-refractivity contribution in [3.05, 3.63) is 47.0 Å². The van der Waals surface area contributed by atoms with Gasteiger partial charge in [0.25, 0.3) is 5.91 Å². The summed E-state index contributed by atoms with van der Waals surface area (Å²) in [6, 6.07) is 5.98. The minimum atomic E-state index is -0.676. The molecule has 1 atom stereocenters. The molecule has 0 fully saturated rings. The molecule has 2 aromatic rings. The number of methoxy groups -OCH3 is 1. The van der Waals surface area contributed by atoms with Gasteiger partial charge in [0.05, 0.1) is 25.0 Å². The Balaban J connectivity index is 1.79. The molecule has 0 aliphatic carbocycles. The third-order valence-corrected chi connectivity index (χ3v) is 4.60. The summed E-state index contributed by atoms with van der Waals surface area (Å²) in [5.41, 5.74) is 1.87. The largest absolute Gasteiger partial charge is 0.494 e. The summed E-state index contributed by atoms with van der Waals surface area (Å²) in [6.45, 7) is 2.13. The molecule has 2 heterocycles. The molecular formula is C19H25FN4O3. The van der Waals surface area contributed by atoms with Crippen LogP contribution in [0, 0.1) is 5.82 Å². The number of aromatic nitrogens is 2. The minimum Gasteiger partial charge on any atom is -0.494 e. The zero-order chi connectivity index (χ0) is 19.6. The van der Waals surface area contributed by atoms with Crippen molar-refractivity contribution < 1.29 is 19.0 Å². The maximum absolute atomic E-state index is 13.6.